The molecule has 0 aromatic heterocycles. The largest absolute Gasteiger partial charge is 0.394 e. The average Bonchev–Trinajstić information content (AvgIpc) is 3.35. The molecule has 0 aromatic rings. The van der Waals surface area contributed by atoms with Crippen LogP contribution in [0.5, 0.6) is 0 Å². The highest BCUT2D eigenvalue weighted by Gasteiger charge is 2.63. The third-order valence-corrected chi connectivity index (χ3v) is 9.58. The van der Waals surface area contributed by atoms with E-state index in [-0.39, 0.29) is 34.2 Å². The number of nitrogens with one attached hydrogen (secondary N) is 1. The third-order valence-electron chi connectivity index (χ3n) is 9.58. The predicted octanol–water partition coefficient (Wildman–Crippen LogP) is 3.90. The molecule has 4 saturated carbocycles. The van der Waals surface area contributed by atoms with Gasteiger partial charge in [0.05, 0.1) is 5.71 Å². The molecule has 7 atom stereocenters. The zero-order valence-electron chi connectivity index (χ0n) is 18.0. The lowest BCUT2D eigenvalue weighted by Crippen LogP contribution is -2.60. The highest BCUT2D eigenvalue weighted by Crippen LogP contribution is 2.64. The predicted molar refractivity (Wildman–Crippen MR) is 112 cm³/mol. The Bertz CT molecular complexity index is 728. The van der Waals surface area contributed by atoms with E-state index in [0.29, 0.717) is 30.9 Å². The van der Waals surface area contributed by atoms with E-state index in [1.165, 1.54) is 25.7 Å². The van der Waals surface area contributed by atoms with Gasteiger partial charge in [0.15, 0.2) is 0 Å². The van der Waals surface area contributed by atoms with Gasteiger partial charge in [0, 0.05) is 17.9 Å². The number of hydrogen-bond acceptors (Lipinski definition) is 5. The van der Waals surface area contributed by atoms with Crippen LogP contribution in [0.4, 0.5) is 0 Å². The molecule has 0 bridgehead atoms. The van der Waals surface area contributed by atoms with E-state index < -0.39 is 0 Å². The smallest absolute Gasteiger partial charge is 0.202 e. The van der Waals surface area contributed by atoms with E-state index in [1.807, 2.05) is 0 Å². The summed E-state index contributed by atoms with van der Waals surface area (Å²) < 4.78 is 0. The summed E-state index contributed by atoms with van der Waals surface area (Å²) in [6.07, 6.45) is 10.7. The first-order chi connectivity index (χ1) is 13.9. The lowest BCUT2D eigenvalue weighted by atomic mass is 9.44. The molecule has 5 nitrogen and oxygen atoms in total. The topological polar surface area (TPSA) is 67.8 Å². The van der Waals surface area contributed by atoms with Crippen molar-refractivity contribution in [2.75, 3.05) is 13.2 Å². The Kier molecular flexibility index (Phi) is 4.88. The molecule has 1 unspecified atom stereocenters. The van der Waals surface area contributed by atoms with Crippen LogP contribution in [0.2, 0.25) is 0 Å². The number of oxime groups is 1. The Balaban J connectivity index is 1.33. The van der Waals surface area contributed by atoms with Crippen molar-refractivity contribution in [3.63, 3.8) is 0 Å². The molecule has 5 heteroatoms. The first-order valence-electron chi connectivity index (χ1n) is 11.9. The summed E-state index contributed by atoms with van der Waals surface area (Å²) in [7, 11) is 0. The van der Waals surface area contributed by atoms with Gasteiger partial charge in [-0.2, -0.15) is 0 Å². The summed E-state index contributed by atoms with van der Waals surface area (Å²) >= 11 is 0. The van der Waals surface area contributed by atoms with Crippen molar-refractivity contribution in [2.45, 2.75) is 84.1 Å². The maximum Gasteiger partial charge on any atom is 0.202 e. The quantitative estimate of drug-likeness (QED) is 0.576. The van der Waals surface area contributed by atoms with E-state index in [1.54, 1.807) is 0 Å². The van der Waals surface area contributed by atoms with Crippen molar-refractivity contribution in [3.05, 3.63) is 0 Å². The van der Waals surface area contributed by atoms with Crippen molar-refractivity contribution in [2.24, 2.45) is 39.7 Å². The van der Waals surface area contributed by atoms with Gasteiger partial charge in [0.25, 0.3) is 0 Å². The first-order valence-corrected chi connectivity index (χ1v) is 11.9. The van der Waals surface area contributed by atoms with Crippen LogP contribution in [0.25, 0.3) is 0 Å². The van der Waals surface area contributed by atoms with Gasteiger partial charge in [-0.25, -0.2) is 0 Å². The Morgan fingerprint density at radius 3 is 2.69 bits per heavy atom. The number of rotatable bonds is 3. The highest BCUT2D eigenvalue weighted by atomic mass is 16.6. The molecule has 0 radical (unpaired) electrons. The number of ketones is 2. The first kappa shape index (κ1) is 19.7. The molecule has 1 saturated heterocycles. The summed E-state index contributed by atoms with van der Waals surface area (Å²) in [5, 5.41) is 7.83. The van der Waals surface area contributed by atoms with E-state index in [4.69, 9.17) is 4.84 Å². The molecular weight excluding hydrogens is 364 g/mol. The normalized spacial score (nSPS) is 48.3. The number of nitrogens with zero attached hydrogens (tertiary/aromatic N) is 1. The summed E-state index contributed by atoms with van der Waals surface area (Å²) in [6.45, 7) is 6.33. The van der Waals surface area contributed by atoms with E-state index in [2.05, 4.69) is 24.3 Å². The summed E-state index contributed by atoms with van der Waals surface area (Å²) in [5.41, 5.74) is 1.21. The van der Waals surface area contributed by atoms with Crippen LogP contribution in [0.15, 0.2) is 5.16 Å². The Morgan fingerprint density at radius 2 is 1.90 bits per heavy atom. The minimum absolute atomic E-state index is 0.0202. The van der Waals surface area contributed by atoms with Gasteiger partial charge in [-0.05, 0) is 87.0 Å². The Morgan fingerprint density at radius 1 is 1.03 bits per heavy atom. The standard InChI is InChI=1S/C24H36N2O3/c1-23-9-3-6-17(23)20-18(8-10-23)24(2)11-7-15(13-19(24)21(27)22(20)28)26-29-14-16-5-4-12-25-16/h16-20,25H,3-14H2,1-2H3/t16-,17-,18+,19?,20-,23-,24+/m0/s1. The number of hydrogen-bond donors (Lipinski definition) is 1. The molecule has 5 rings (SSSR count). The summed E-state index contributed by atoms with van der Waals surface area (Å²) in [6, 6.07) is 0.398. The highest BCUT2D eigenvalue weighted by molar-refractivity contribution is 6.40. The lowest BCUT2D eigenvalue weighted by Gasteiger charge is -2.58. The van der Waals surface area contributed by atoms with Crippen molar-refractivity contribution in [1.82, 2.24) is 5.32 Å². The number of Topliss-reactive ketones (excluding diaryl/α,β-unsaturated/α-hetero) is 2. The number of carbonyl (C=O) groups excluding carboxylic acids is 2. The molecule has 1 aliphatic heterocycles. The van der Waals surface area contributed by atoms with Crippen LogP contribution < -0.4 is 5.32 Å². The second-order valence-corrected chi connectivity index (χ2v) is 11.1. The second kappa shape index (κ2) is 7.18. The Labute approximate surface area is 174 Å². The summed E-state index contributed by atoms with van der Waals surface area (Å²) in [4.78, 5) is 32.2. The molecule has 4 aliphatic carbocycles. The molecule has 0 amide bonds. The van der Waals surface area contributed by atoms with Gasteiger partial charge >= 0.3 is 0 Å². The van der Waals surface area contributed by atoms with Gasteiger partial charge in [0.1, 0.15) is 6.61 Å². The molecule has 29 heavy (non-hydrogen) atoms. The van der Waals surface area contributed by atoms with Gasteiger partial charge in [0.2, 0.25) is 11.6 Å². The van der Waals surface area contributed by atoms with Crippen LogP contribution >= 0.6 is 0 Å². The SMILES string of the molecule is C[C@@]12CCC[C@H]1[C@@H]1C(=O)C(=O)C3CC(=NOC[C@@H]4CCCN4)CC[C@]3(C)[C@@H]1CC2. The van der Waals surface area contributed by atoms with E-state index in [0.717, 1.165) is 44.4 Å². The van der Waals surface area contributed by atoms with Gasteiger partial charge < -0.3 is 10.2 Å². The van der Waals surface area contributed by atoms with Crippen LogP contribution in [-0.2, 0) is 14.4 Å². The van der Waals surface area contributed by atoms with Crippen molar-refractivity contribution in [1.29, 1.82) is 0 Å². The van der Waals surface area contributed by atoms with Gasteiger partial charge in [-0.3, -0.25) is 9.59 Å². The van der Waals surface area contributed by atoms with Crippen LogP contribution in [0.3, 0.4) is 0 Å². The van der Waals surface area contributed by atoms with Crippen molar-refractivity contribution >= 4 is 17.3 Å². The van der Waals surface area contributed by atoms with Crippen LogP contribution in [-0.4, -0.2) is 36.5 Å². The molecule has 0 spiro atoms. The lowest BCUT2D eigenvalue weighted by molar-refractivity contribution is -0.164. The Hall–Kier alpha value is -1.23. The minimum atomic E-state index is -0.192. The molecule has 5 fully saturated rings. The minimum Gasteiger partial charge on any atom is -0.394 e. The van der Waals surface area contributed by atoms with Crippen LogP contribution in [0, 0.1) is 34.5 Å². The zero-order valence-corrected chi connectivity index (χ0v) is 18.0. The third kappa shape index (κ3) is 3.10. The molecule has 160 valence electrons. The fourth-order valence-electron chi connectivity index (χ4n) is 7.76. The molecule has 1 heterocycles. The monoisotopic (exact) mass is 400 g/mol. The maximum atomic E-state index is 13.3. The average molecular weight is 401 g/mol. The molecule has 5 aliphatic rings. The fourth-order valence-corrected chi connectivity index (χ4v) is 7.76. The second-order valence-electron chi connectivity index (χ2n) is 11.1. The van der Waals surface area contributed by atoms with E-state index >= 15 is 0 Å². The molecule has 1 N–H and O–H groups in total. The molecule has 0 aromatic carbocycles. The molecular formula is C24H36N2O3. The maximum absolute atomic E-state index is 13.3. The fraction of sp³-hybridized carbons (Fsp3) is 0.875. The number of carbonyl (C=O) groups is 2. The van der Waals surface area contributed by atoms with Gasteiger partial charge in [-0.15, -0.1) is 0 Å². The van der Waals surface area contributed by atoms with Gasteiger partial charge in [-0.1, -0.05) is 25.4 Å². The summed E-state index contributed by atoms with van der Waals surface area (Å²) in [5.74, 6) is 0.435. The van der Waals surface area contributed by atoms with Crippen molar-refractivity contribution < 1.29 is 14.4 Å². The van der Waals surface area contributed by atoms with E-state index in [9.17, 15) is 9.59 Å². The zero-order chi connectivity index (χ0) is 20.2. The van der Waals surface area contributed by atoms with Crippen molar-refractivity contribution in [3.8, 4) is 0 Å². The number of fused-ring (bicyclic) bond motifs is 5. The van der Waals surface area contributed by atoms with Crippen LogP contribution in [0.1, 0.15) is 78.1 Å².